The number of hydrogen-bond acceptors (Lipinski definition) is 4. The molecule has 1 heterocycles. The summed E-state index contributed by atoms with van der Waals surface area (Å²) in [6.45, 7) is -0.120. The molecule has 0 aromatic carbocycles. The number of hydrogen-bond donors (Lipinski definition) is 1. The summed E-state index contributed by atoms with van der Waals surface area (Å²) in [7, 11) is 1.81. The molecule has 19 heavy (non-hydrogen) atoms. The lowest BCUT2D eigenvalue weighted by molar-refractivity contribution is -0.671. The van der Waals surface area contributed by atoms with Crippen molar-refractivity contribution in [3.8, 4) is 0 Å². The third-order valence-corrected chi connectivity index (χ3v) is 2.98. The molecule has 1 aromatic heterocycles. The number of halogens is 1. The second kappa shape index (κ2) is 7.95. The van der Waals surface area contributed by atoms with Crippen molar-refractivity contribution in [2.24, 2.45) is 7.05 Å². The first-order valence-corrected chi connectivity index (χ1v) is 6.60. The fourth-order valence-corrected chi connectivity index (χ4v) is 1.78. The third kappa shape index (κ3) is 5.43. The van der Waals surface area contributed by atoms with Gasteiger partial charge in [0.05, 0.1) is 0 Å². The summed E-state index contributed by atoms with van der Waals surface area (Å²) in [4.78, 5) is 33.2. The van der Waals surface area contributed by atoms with Gasteiger partial charge in [-0.25, -0.2) is 4.57 Å². The lowest BCUT2D eigenvalue weighted by atomic mass is 10.3. The van der Waals surface area contributed by atoms with Crippen LogP contribution in [0.1, 0.15) is 16.8 Å². The predicted molar refractivity (Wildman–Crippen MR) is 74.5 cm³/mol. The number of aldehydes is 1. The van der Waals surface area contributed by atoms with E-state index in [4.69, 9.17) is 4.74 Å². The van der Waals surface area contributed by atoms with E-state index in [1.165, 1.54) is 0 Å². The molecule has 1 amide bonds. The molecular formula is C12H14IN2O4+. The van der Waals surface area contributed by atoms with Crippen LogP contribution in [0.4, 0.5) is 0 Å². The fraction of sp³-hybridized carbons (Fsp3) is 0.333. The maximum Gasteiger partial charge on any atom is 0.259 e. The Morgan fingerprint density at radius 2 is 2.32 bits per heavy atom. The lowest BCUT2D eigenvalue weighted by Gasteiger charge is -2.11. The van der Waals surface area contributed by atoms with Crippen molar-refractivity contribution in [3.63, 3.8) is 0 Å². The van der Waals surface area contributed by atoms with Gasteiger partial charge in [0.25, 0.3) is 5.91 Å². The molecule has 6 nitrogen and oxygen atoms in total. The molecule has 0 radical (unpaired) electrons. The monoisotopic (exact) mass is 377 g/mol. The first-order valence-electron chi connectivity index (χ1n) is 5.52. The Labute approximate surface area is 124 Å². The molecule has 102 valence electrons. The number of amides is 1. The SMILES string of the molecule is C[n+]1cccc(C(=O)NCOC(CC=O)C(=O)I)c1. The minimum absolute atomic E-state index is 0.0159. The van der Waals surface area contributed by atoms with Gasteiger partial charge in [-0.1, -0.05) is 0 Å². The van der Waals surface area contributed by atoms with Gasteiger partial charge in [-0.3, -0.25) is 9.59 Å². The Hall–Kier alpha value is -1.35. The second-order valence-electron chi connectivity index (χ2n) is 3.77. The van der Waals surface area contributed by atoms with E-state index < -0.39 is 6.10 Å². The van der Waals surface area contributed by atoms with Crippen LogP contribution in [0.15, 0.2) is 24.5 Å². The molecule has 1 N–H and O–H groups in total. The van der Waals surface area contributed by atoms with Crippen LogP contribution in [-0.2, 0) is 21.4 Å². The standard InChI is InChI=1S/C12H13IN2O4/c1-15-5-2-3-9(7-15)12(18)14-8-19-10(4-6-16)11(13)17/h2-3,5-7,10H,4,8H2,1H3/p+1. The van der Waals surface area contributed by atoms with Crippen molar-refractivity contribution in [1.29, 1.82) is 0 Å². The number of nitrogens with one attached hydrogen (secondary N) is 1. The highest BCUT2D eigenvalue weighted by Crippen LogP contribution is 2.03. The number of pyridine rings is 1. The third-order valence-electron chi connectivity index (χ3n) is 2.28. The minimum atomic E-state index is -0.815. The molecule has 0 saturated carbocycles. The van der Waals surface area contributed by atoms with E-state index >= 15 is 0 Å². The molecule has 7 heteroatoms. The van der Waals surface area contributed by atoms with Crippen LogP contribution in [0.5, 0.6) is 0 Å². The van der Waals surface area contributed by atoms with Gasteiger partial charge in [-0.2, -0.15) is 0 Å². The van der Waals surface area contributed by atoms with Gasteiger partial charge >= 0.3 is 0 Å². The average Bonchev–Trinajstić information content (AvgIpc) is 2.37. The Balaban J connectivity index is 2.46. The van der Waals surface area contributed by atoms with Crippen molar-refractivity contribution in [2.45, 2.75) is 12.5 Å². The van der Waals surface area contributed by atoms with Crippen LogP contribution < -0.4 is 9.88 Å². The molecule has 1 unspecified atom stereocenters. The zero-order valence-corrected chi connectivity index (χ0v) is 12.5. The van der Waals surface area contributed by atoms with Gasteiger partial charge in [0, 0.05) is 35.1 Å². The van der Waals surface area contributed by atoms with Crippen molar-refractivity contribution in [3.05, 3.63) is 30.1 Å². The van der Waals surface area contributed by atoms with Gasteiger partial charge in [-0.05, 0) is 6.07 Å². The smallest absolute Gasteiger partial charge is 0.259 e. The summed E-state index contributed by atoms with van der Waals surface area (Å²) in [6.07, 6.45) is 3.26. The van der Waals surface area contributed by atoms with Crippen LogP contribution in [0.3, 0.4) is 0 Å². The average molecular weight is 377 g/mol. The molecular weight excluding hydrogens is 363 g/mol. The van der Waals surface area contributed by atoms with E-state index in [9.17, 15) is 14.4 Å². The topological polar surface area (TPSA) is 76.3 Å². The Bertz CT molecular complexity index is 479. The van der Waals surface area contributed by atoms with Crippen LogP contribution in [0.25, 0.3) is 0 Å². The normalized spacial score (nSPS) is 11.7. The molecule has 0 fully saturated rings. The maximum absolute atomic E-state index is 11.7. The van der Waals surface area contributed by atoms with Crippen molar-refractivity contribution >= 4 is 38.6 Å². The Kier molecular flexibility index (Phi) is 6.57. The van der Waals surface area contributed by atoms with E-state index in [1.54, 1.807) is 45.5 Å². The van der Waals surface area contributed by atoms with Crippen molar-refractivity contribution in [2.75, 3.05) is 6.73 Å². The van der Waals surface area contributed by atoms with Crippen LogP contribution in [0.2, 0.25) is 0 Å². The number of rotatable bonds is 7. The summed E-state index contributed by atoms with van der Waals surface area (Å²) in [5.41, 5.74) is 0.487. The highest BCUT2D eigenvalue weighted by Gasteiger charge is 2.16. The van der Waals surface area contributed by atoms with E-state index in [2.05, 4.69) is 5.32 Å². The number of carbonyl (C=O) groups is 3. The predicted octanol–water partition coefficient (Wildman–Crippen LogP) is 0.134. The first-order chi connectivity index (χ1) is 9.04. The van der Waals surface area contributed by atoms with Crippen molar-refractivity contribution in [1.82, 2.24) is 5.32 Å². The molecule has 1 aromatic rings. The highest BCUT2D eigenvalue weighted by molar-refractivity contribution is 14.1. The van der Waals surface area contributed by atoms with Crippen molar-refractivity contribution < 1.29 is 23.7 Å². The van der Waals surface area contributed by atoms with Crippen LogP contribution in [0, 0.1) is 0 Å². The summed E-state index contributed by atoms with van der Waals surface area (Å²) in [6, 6.07) is 3.42. The first kappa shape index (κ1) is 15.7. The zero-order chi connectivity index (χ0) is 14.3. The molecule has 1 atom stereocenters. The largest absolute Gasteiger partial charge is 0.349 e. The molecule has 0 aliphatic rings. The van der Waals surface area contributed by atoms with Gasteiger partial charge < -0.3 is 14.8 Å². The minimum Gasteiger partial charge on any atom is -0.349 e. The molecule has 0 aliphatic carbocycles. The van der Waals surface area contributed by atoms with Gasteiger partial charge in [0.15, 0.2) is 12.4 Å². The number of nitrogens with zero attached hydrogens (tertiary/aromatic N) is 1. The number of ether oxygens (including phenoxy) is 1. The van der Waals surface area contributed by atoms with Crippen LogP contribution in [-0.4, -0.2) is 28.8 Å². The quantitative estimate of drug-likeness (QED) is 0.241. The Morgan fingerprint density at radius 3 is 2.89 bits per heavy atom. The second-order valence-corrected chi connectivity index (χ2v) is 4.83. The summed E-state index contributed by atoms with van der Waals surface area (Å²) in [5.74, 6) is -0.304. The van der Waals surface area contributed by atoms with Gasteiger partial charge in [0.1, 0.15) is 31.7 Å². The van der Waals surface area contributed by atoms with Gasteiger partial charge in [0.2, 0.25) is 3.79 Å². The zero-order valence-electron chi connectivity index (χ0n) is 10.3. The van der Waals surface area contributed by atoms with E-state index in [0.717, 1.165) is 0 Å². The molecule has 0 aliphatic heterocycles. The van der Waals surface area contributed by atoms with E-state index in [1.807, 2.05) is 13.2 Å². The fourth-order valence-electron chi connectivity index (χ4n) is 1.35. The summed E-state index contributed by atoms with van der Waals surface area (Å²) >= 11 is 1.56. The number of aryl methyl sites for hydroxylation is 1. The van der Waals surface area contributed by atoms with E-state index in [0.29, 0.717) is 11.8 Å². The maximum atomic E-state index is 11.7. The number of carbonyl (C=O) groups excluding carboxylic acids is 3. The lowest BCUT2D eigenvalue weighted by Crippen LogP contribution is -2.34. The summed E-state index contributed by atoms with van der Waals surface area (Å²) in [5, 5.41) is 2.52. The number of aromatic nitrogens is 1. The molecule has 0 bridgehead atoms. The summed E-state index contributed by atoms with van der Waals surface area (Å²) < 4.78 is 6.62. The highest BCUT2D eigenvalue weighted by atomic mass is 127. The molecule has 1 rings (SSSR count). The van der Waals surface area contributed by atoms with Crippen LogP contribution >= 0.6 is 22.6 Å². The molecule has 0 spiro atoms. The van der Waals surface area contributed by atoms with E-state index in [-0.39, 0.29) is 22.8 Å². The Morgan fingerprint density at radius 1 is 1.58 bits per heavy atom. The van der Waals surface area contributed by atoms with Gasteiger partial charge in [-0.15, -0.1) is 0 Å². The molecule has 0 saturated heterocycles.